The summed E-state index contributed by atoms with van der Waals surface area (Å²) in [5.74, 6) is -0.658. The summed E-state index contributed by atoms with van der Waals surface area (Å²) in [6.45, 7) is 9.43. The van der Waals surface area contributed by atoms with Crippen LogP contribution < -0.4 is 0 Å². The minimum atomic E-state index is -0.751. The summed E-state index contributed by atoms with van der Waals surface area (Å²) < 4.78 is 5.08. The molecule has 0 heterocycles. The Balaban J connectivity index is 2.45. The van der Waals surface area contributed by atoms with Crippen LogP contribution in [0.15, 0.2) is 30.3 Å². The Bertz CT molecular complexity index is 468. The van der Waals surface area contributed by atoms with Crippen molar-refractivity contribution >= 4 is 11.8 Å². The first-order valence-corrected chi connectivity index (χ1v) is 7.88. The second kappa shape index (κ2) is 9.36. The Morgan fingerprint density at radius 1 is 1.09 bits per heavy atom. The normalized spacial score (nSPS) is 11.2. The van der Waals surface area contributed by atoms with Crippen LogP contribution in [-0.2, 0) is 20.9 Å². The van der Waals surface area contributed by atoms with E-state index in [2.05, 4.69) is 13.8 Å². The van der Waals surface area contributed by atoms with Crippen LogP contribution in [0.5, 0.6) is 0 Å². The summed E-state index contributed by atoms with van der Waals surface area (Å²) in [4.78, 5) is 25.8. The molecular weight excluding hydrogens is 278 g/mol. The molecule has 0 unspecified atom stereocenters. The van der Waals surface area contributed by atoms with E-state index in [1.165, 1.54) is 0 Å². The van der Waals surface area contributed by atoms with Crippen molar-refractivity contribution in [2.75, 3.05) is 13.1 Å². The number of nitrogens with zero attached hydrogens (tertiary/aromatic N) is 1. The van der Waals surface area contributed by atoms with Crippen molar-refractivity contribution in [3.05, 3.63) is 35.9 Å². The average Bonchev–Trinajstić information content (AvgIpc) is 2.49. The number of hydrogen-bond donors (Lipinski definition) is 0. The van der Waals surface area contributed by atoms with Crippen LogP contribution in [-0.4, -0.2) is 35.8 Å². The van der Waals surface area contributed by atoms with Crippen LogP contribution in [0.2, 0.25) is 0 Å². The molecule has 0 aliphatic carbocycles. The van der Waals surface area contributed by atoms with Gasteiger partial charge in [-0.25, -0.2) is 4.79 Å². The van der Waals surface area contributed by atoms with Crippen molar-refractivity contribution in [3.63, 3.8) is 0 Å². The first-order valence-electron chi connectivity index (χ1n) is 7.88. The zero-order valence-electron chi connectivity index (χ0n) is 14.0. The van der Waals surface area contributed by atoms with Gasteiger partial charge in [0.25, 0.3) is 5.78 Å². The topological polar surface area (TPSA) is 46.6 Å². The summed E-state index contributed by atoms with van der Waals surface area (Å²) in [6.07, 6.45) is 1.00. The van der Waals surface area contributed by atoms with Crippen molar-refractivity contribution in [1.82, 2.24) is 4.90 Å². The lowest BCUT2D eigenvalue weighted by Crippen LogP contribution is -2.39. The molecule has 0 aliphatic heterocycles. The fraction of sp³-hybridized carbons (Fsp3) is 0.556. The molecule has 122 valence electrons. The number of carbonyl (C=O) groups excluding carboxylic acids is 2. The van der Waals surface area contributed by atoms with E-state index in [1.54, 1.807) is 0 Å². The predicted molar refractivity (Wildman–Crippen MR) is 87.4 cm³/mol. The van der Waals surface area contributed by atoms with Crippen LogP contribution in [0.1, 0.15) is 39.7 Å². The predicted octanol–water partition coefficient (Wildman–Crippen LogP) is 3.06. The lowest BCUT2D eigenvalue weighted by atomic mass is 10.1. The molecule has 1 aromatic carbocycles. The number of ketones is 1. The molecule has 0 amide bonds. The maximum Gasteiger partial charge on any atom is 0.376 e. The van der Waals surface area contributed by atoms with Crippen LogP contribution in [0.3, 0.4) is 0 Å². The van der Waals surface area contributed by atoms with Gasteiger partial charge in [-0.2, -0.15) is 0 Å². The van der Waals surface area contributed by atoms with E-state index in [0.29, 0.717) is 5.92 Å². The smallest absolute Gasteiger partial charge is 0.376 e. The van der Waals surface area contributed by atoms with E-state index in [-0.39, 0.29) is 19.2 Å². The summed E-state index contributed by atoms with van der Waals surface area (Å²) >= 11 is 0. The third kappa shape index (κ3) is 6.85. The van der Waals surface area contributed by atoms with Gasteiger partial charge in [0.15, 0.2) is 0 Å². The van der Waals surface area contributed by atoms with Gasteiger partial charge < -0.3 is 4.74 Å². The summed E-state index contributed by atoms with van der Waals surface area (Å²) in [5, 5.41) is 0. The Hall–Kier alpha value is -1.68. The third-order valence-electron chi connectivity index (χ3n) is 3.51. The van der Waals surface area contributed by atoms with Gasteiger partial charge in [0.05, 0.1) is 6.54 Å². The number of esters is 1. The SMILES string of the molecule is CC(C)CCN(CC(=O)C(=O)OCc1ccccc1)C(C)C. The highest BCUT2D eigenvalue weighted by atomic mass is 16.5. The molecular formula is C18H27NO3. The first kappa shape index (κ1) is 18.4. The van der Waals surface area contributed by atoms with Gasteiger partial charge in [0.2, 0.25) is 0 Å². The molecule has 0 bridgehead atoms. The first-order chi connectivity index (χ1) is 10.4. The van der Waals surface area contributed by atoms with Crippen molar-refractivity contribution in [1.29, 1.82) is 0 Å². The molecule has 1 aromatic rings. The van der Waals surface area contributed by atoms with Gasteiger partial charge in [-0.3, -0.25) is 9.69 Å². The van der Waals surface area contributed by atoms with Gasteiger partial charge in [0, 0.05) is 6.04 Å². The summed E-state index contributed by atoms with van der Waals surface area (Å²) in [5.41, 5.74) is 0.879. The number of benzene rings is 1. The maximum atomic E-state index is 12.0. The van der Waals surface area contributed by atoms with Gasteiger partial charge in [-0.1, -0.05) is 44.2 Å². The molecule has 22 heavy (non-hydrogen) atoms. The fourth-order valence-electron chi connectivity index (χ4n) is 2.00. The molecule has 0 saturated heterocycles. The highest BCUT2D eigenvalue weighted by Crippen LogP contribution is 2.07. The van der Waals surface area contributed by atoms with Crippen LogP contribution in [0.25, 0.3) is 0 Å². The van der Waals surface area contributed by atoms with Crippen molar-refractivity contribution in [2.45, 2.75) is 46.8 Å². The lowest BCUT2D eigenvalue weighted by molar-refractivity contribution is -0.155. The van der Waals surface area contributed by atoms with Crippen LogP contribution in [0.4, 0.5) is 0 Å². The van der Waals surface area contributed by atoms with E-state index in [1.807, 2.05) is 49.1 Å². The Labute approximate surface area is 133 Å². The van der Waals surface area contributed by atoms with Gasteiger partial charge in [-0.05, 0) is 38.3 Å². The molecule has 0 N–H and O–H groups in total. The van der Waals surface area contributed by atoms with E-state index >= 15 is 0 Å². The van der Waals surface area contributed by atoms with Gasteiger partial charge in [0.1, 0.15) is 6.61 Å². The molecule has 1 rings (SSSR count). The second-order valence-electron chi connectivity index (χ2n) is 6.23. The molecule has 4 heteroatoms. The molecule has 0 radical (unpaired) electrons. The van der Waals surface area contributed by atoms with E-state index in [4.69, 9.17) is 4.74 Å². The minimum Gasteiger partial charge on any atom is -0.455 e. The van der Waals surface area contributed by atoms with Crippen molar-refractivity contribution < 1.29 is 14.3 Å². The number of Topliss-reactive ketones (excluding diaryl/α,β-unsaturated/α-hetero) is 1. The highest BCUT2D eigenvalue weighted by Gasteiger charge is 2.21. The number of ether oxygens (including phenoxy) is 1. The Morgan fingerprint density at radius 2 is 1.73 bits per heavy atom. The molecule has 0 atom stereocenters. The van der Waals surface area contributed by atoms with Crippen molar-refractivity contribution in [2.24, 2.45) is 5.92 Å². The zero-order chi connectivity index (χ0) is 16.5. The largest absolute Gasteiger partial charge is 0.455 e. The van der Waals surface area contributed by atoms with E-state index in [9.17, 15) is 9.59 Å². The lowest BCUT2D eigenvalue weighted by Gasteiger charge is -2.26. The highest BCUT2D eigenvalue weighted by molar-refractivity contribution is 6.34. The average molecular weight is 305 g/mol. The monoisotopic (exact) mass is 305 g/mol. The number of carbonyl (C=O) groups is 2. The maximum absolute atomic E-state index is 12.0. The Morgan fingerprint density at radius 3 is 2.27 bits per heavy atom. The number of hydrogen-bond acceptors (Lipinski definition) is 4. The summed E-state index contributed by atoms with van der Waals surface area (Å²) in [7, 11) is 0. The molecule has 0 aliphatic rings. The molecule has 4 nitrogen and oxygen atoms in total. The number of rotatable bonds is 9. The Kier molecular flexibility index (Phi) is 7.82. The van der Waals surface area contributed by atoms with E-state index in [0.717, 1.165) is 18.5 Å². The van der Waals surface area contributed by atoms with Crippen molar-refractivity contribution in [3.8, 4) is 0 Å². The zero-order valence-corrected chi connectivity index (χ0v) is 14.0. The minimum absolute atomic E-state index is 0.123. The van der Waals surface area contributed by atoms with Gasteiger partial charge in [-0.15, -0.1) is 0 Å². The third-order valence-corrected chi connectivity index (χ3v) is 3.51. The fourth-order valence-corrected chi connectivity index (χ4v) is 2.00. The summed E-state index contributed by atoms with van der Waals surface area (Å²) in [6, 6.07) is 9.59. The quantitative estimate of drug-likeness (QED) is 0.519. The molecule has 0 spiro atoms. The molecule has 0 saturated carbocycles. The second-order valence-corrected chi connectivity index (χ2v) is 6.23. The van der Waals surface area contributed by atoms with E-state index < -0.39 is 11.8 Å². The molecule has 0 aromatic heterocycles. The van der Waals surface area contributed by atoms with Crippen LogP contribution in [0, 0.1) is 5.92 Å². The molecule has 0 fully saturated rings. The standard InChI is InChI=1S/C18H27NO3/c1-14(2)10-11-19(15(3)4)12-17(20)18(21)22-13-16-8-6-5-7-9-16/h5-9,14-15H,10-13H2,1-4H3. The van der Waals surface area contributed by atoms with Crippen LogP contribution >= 0.6 is 0 Å². The van der Waals surface area contributed by atoms with Gasteiger partial charge >= 0.3 is 5.97 Å².